The molecule has 0 radical (unpaired) electrons. The summed E-state index contributed by atoms with van der Waals surface area (Å²) in [5, 5.41) is 11.4. The highest BCUT2D eigenvalue weighted by molar-refractivity contribution is 7.89. The number of carbonyl (C=O) groups excluding carboxylic acids is 1. The maximum absolute atomic E-state index is 12.3. The molecule has 9 heteroatoms. The molecule has 2 N–H and O–H groups in total. The molecule has 0 bridgehead atoms. The number of piperazine rings is 1. The van der Waals surface area contributed by atoms with E-state index in [4.69, 9.17) is 5.11 Å². The number of rotatable bonds is 3. The fourth-order valence-electron chi connectivity index (χ4n) is 1.85. The van der Waals surface area contributed by atoms with E-state index in [1.807, 2.05) is 0 Å². The topological polar surface area (TPSA) is 109 Å². The standard InChI is InChI=1S/C10H13N3O5S/c1-12-3-2-7(5-12)19(17,18)13-6-9(14)11-4-8(13)10(15)16/h2-3,5,8H,4,6H2,1H3,(H,11,14)(H,15,16). The first kappa shape index (κ1) is 13.6. The van der Waals surface area contributed by atoms with Crippen LogP contribution in [0.25, 0.3) is 0 Å². The van der Waals surface area contributed by atoms with Crippen molar-refractivity contribution < 1.29 is 23.1 Å². The molecular weight excluding hydrogens is 274 g/mol. The van der Waals surface area contributed by atoms with Crippen LogP contribution in [0.3, 0.4) is 0 Å². The maximum atomic E-state index is 12.3. The minimum absolute atomic E-state index is 0.0315. The van der Waals surface area contributed by atoms with Crippen LogP contribution in [-0.2, 0) is 26.7 Å². The van der Waals surface area contributed by atoms with Crippen LogP contribution in [0.5, 0.6) is 0 Å². The number of hydrogen-bond donors (Lipinski definition) is 2. The lowest BCUT2D eigenvalue weighted by Crippen LogP contribution is -2.59. The Balaban J connectivity index is 2.41. The summed E-state index contributed by atoms with van der Waals surface area (Å²) < 4.78 is 26.9. The van der Waals surface area contributed by atoms with Crippen LogP contribution in [0.1, 0.15) is 0 Å². The first-order valence-corrected chi connectivity index (χ1v) is 6.89. The van der Waals surface area contributed by atoms with Crippen molar-refractivity contribution in [2.75, 3.05) is 13.1 Å². The minimum Gasteiger partial charge on any atom is -0.480 e. The normalized spacial score (nSPS) is 21.1. The number of aliphatic carboxylic acids is 1. The zero-order chi connectivity index (χ0) is 14.2. The molecule has 19 heavy (non-hydrogen) atoms. The highest BCUT2D eigenvalue weighted by Crippen LogP contribution is 2.19. The van der Waals surface area contributed by atoms with Crippen molar-refractivity contribution in [2.45, 2.75) is 10.9 Å². The maximum Gasteiger partial charge on any atom is 0.323 e. The average molecular weight is 287 g/mol. The Bertz CT molecular complexity index is 621. The summed E-state index contributed by atoms with van der Waals surface area (Å²) in [6, 6.07) is 0.0729. The molecule has 1 aromatic heterocycles. The number of carboxylic acid groups (broad SMARTS) is 1. The lowest BCUT2D eigenvalue weighted by Gasteiger charge is -2.31. The third-order valence-corrected chi connectivity index (χ3v) is 4.67. The highest BCUT2D eigenvalue weighted by Gasteiger charge is 2.40. The monoisotopic (exact) mass is 287 g/mol. The van der Waals surface area contributed by atoms with Crippen molar-refractivity contribution in [2.24, 2.45) is 7.05 Å². The van der Waals surface area contributed by atoms with Gasteiger partial charge in [0.2, 0.25) is 15.9 Å². The van der Waals surface area contributed by atoms with Gasteiger partial charge in [-0.3, -0.25) is 9.59 Å². The summed E-state index contributed by atoms with van der Waals surface area (Å²) >= 11 is 0. The van der Waals surface area contributed by atoms with Crippen LogP contribution in [0.15, 0.2) is 23.4 Å². The van der Waals surface area contributed by atoms with E-state index in [9.17, 15) is 18.0 Å². The second-order valence-electron chi connectivity index (χ2n) is 4.22. The van der Waals surface area contributed by atoms with Gasteiger partial charge in [0.1, 0.15) is 6.04 Å². The Labute approximate surface area is 109 Å². The van der Waals surface area contributed by atoms with Gasteiger partial charge in [-0.15, -0.1) is 0 Å². The minimum atomic E-state index is -4.00. The summed E-state index contributed by atoms with van der Waals surface area (Å²) in [7, 11) is -2.35. The van der Waals surface area contributed by atoms with Gasteiger partial charge in [0.05, 0.1) is 11.4 Å². The van der Waals surface area contributed by atoms with E-state index in [1.54, 1.807) is 7.05 Å². The number of sulfonamides is 1. The summed E-state index contributed by atoms with van der Waals surface area (Å²) in [6.45, 7) is -0.728. The van der Waals surface area contributed by atoms with E-state index in [0.29, 0.717) is 4.31 Å². The van der Waals surface area contributed by atoms with E-state index in [-0.39, 0.29) is 11.4 Å². The Hall–Kier alpha value is -1.87. The number of hydrogen-bond acceptors (Lipinski definition) is 4. The van der Waals surface area contributed by atoms with E-state index >= 15 is 0 Å². The van der Waals surface area contributed by atoms with Gasteiger partial charge in [-0.25, -0.2) is 8.42 Å². The molecule has 1 atom stereocenters. The largest absolute Gasteiger partial charge is 0.480 e. The van der Waals surface area contributed by atoms with Crippen molar-refractivity contribution >= 4 is 21.9 Å². The molecular formula is C10H13N3O5S. The number of aryl methyl sites for hydroxylation is 1. The van der Waals surface area contributed by atoms with Crippen LogP contribution in [0.2, 0.25) is 0 Å². The molecule has 0 aromatic carbocycles. The Morgan fingerprint density at radius 3 is 2.74 bits per heavy atom. The molecule has 0 spiro atoms. The Morgan fingerprint density at radius 2 is 2.21 bits per heavy atom. The lowest BCUT2D eigenvalue weighted by atomic mass is 10.2. The van der Waals surface area contributed by atoms with Gasteiger partial charge in [0.25, 0.3) is 0 Å². The smallest absolute Gasteiger partial charge is 0.323 e. The molecule has 104 valence electrons. The van der Waals surface area contributed by atoms with Crippen LogP contribution in [-0.4, -0.2) is 53.4 Å². The van der Waals surface area contributed by atoms with Gasteiger partial charge in [0.15, 0.2) is 0 Å². The summed E-state index contributed by atoms with van der Waals surface area (Å²) in [5.74, 6) is -1.81. The average Bonchev–Trinajstić information content (AvgIpc) is 2.76. The molecule has 8 nitrogen and oxygen atoms in total. The molecule has 1 fully saturated rings. The number of nitrogens with one attached hydrogen (secondary N) is 1. The zero-order valence-corrected chi connectivity index (χ0v) is 10.9. The summed E-state index contributed by atoms with van der Waals surface area (Å²) in [5.41, 5.74) is 0. The fourth-order valence-corrected chi connectivity index (χ4v) is 3.44. The van der Waals surface area contributed by atoms with Crippen LogP contribution < -0.4 is 5.32 Å². The van der Waals surface area contributed by atoms with Gasteiger partial charge in [-0.2, -0.15) is 4.31 Å². The third-order valence-electron chi connectivity index (χ3n) is 2.84. The number of carboxylic acids is 1. The lowest BCUT2D eigenvalue weighted by molar-refractivity contribution is -0.143. The molecule has 1 saturated heterocycles. The third kappa shape index (κ3) is 2.47. The zero-order valence-electron chi connectivity index (χ0n) is 10.1. The van der Waals surface area contributed by atoms with E-state index in [2.05, 4.69) is 5.32 Å². The quantitative estimate of drug-likeness (QED) is 0.710. The predicted molar refractivity (Wildman–Crippen MR) is 63.7 cm³/mol. The molecule has 1 aromatic rings. The van der Waals surface area contributed by atoms with Gasteiger partial charge in [-0.05, 0) is 6.07 Å². The van der Waals surface area contributed by atoms with Crippen LogP contribution in [0, 0.1) is 0 Å². The van der Waals surface area contributed by atoms with Crippen LogP contribution >= 0.6 is 0 Å². The molecule has 1 aliphatic rings. The molecule has 2 heterocycles. The van der Waals surface area contributed by atoms with Crippen molar-refractivity contribution in [3.63, 3.8) is 0 Å². The number of aromatic nitrogens is 1. The molecule has 0 aliphatic carbocycles. The SMILES string of the molecule is Cn1ccc(S(=O)(=O)N2CC(=O)NCC2C(=O)O)c1. The molecule has 1 amide bonds. The molecule has 2 rings (SSSR count). The summed E-state index contributed by atoms with van der Waals surface area (Å²) in [6.07, 6.45) is 2.90. The second kappa shape index (κ2) is 4.67. The number of amides is 1. The number of carbonyl (C=O) groups is 2. The first-order valence-electron chi connectivity index (χ1n) is 5.45. The summed E-state index contributed by atoms with van der Waals surface area (Å²) in [4.78, 5) is 22.4. The fraction of sp³-hybridized carbons (Fsp3) is 0.400. The van der Waals surface area contributed by atoms with E-state index < -0.39 is 34.5 Å². The highest BCUT2D eigenvalue weighted by atomic mass is 32.2. The molecule has 0 saturated carbocycles. The van der Waals surface area contributed by atoms with Crippen molar-refractivity contribution in [3.8, 4) is 0 Å². The van der Waals surface area contributed by atoms with Crippen molar-refractivity contribution in [3.05, 3.63) is 18.5 Å². The van der Waals surface area contributed by atoms with Gasteiger partial charge < -0.3 is 15.0 Å². The van der Waals surface area contributed by atoms with Crippen molar-refractivity contribution in [1.29, 1.82) is 0 Å². The van der Waals surface area contributed by atoms with Crippen molar-refractivity contribution in [1.82, 2.24) is 14.2 Å². The Morgan fingerprint density at radius 1 is 1.53 bits per heavy atom. The van der Waals surface area contributed by atoms with Gasteiger partial charge in [-0.1, -0.05) is 0 Å². The first-order chi connectivity index (χ1) is 8.82. The van der Waals surface area contributed by atoms with Gasteiger partial charge >= 0.3 is 5.97 Å². The van der Waals surface area contributed by atoms with Crippen LogP contribution in [0.4, 0.5) is 0 Å². The second-order valence-corrected chi connectivity index (χ2v) is 6.11. The van der Waals surface area contributed by atoms with Gasteiger partial charge in [0, 0.05) is 26.0 Å². The Kier molecular flexibility index (Phi) is 3.33. The predicted octanol–water partition coefficient (Wildman–Crippen LogP) is -1.40. The number of nitrogens with zero attached hydrogens (tertiary/aromatic N) is 2. The van der Waals surface area contributed by atoms with E-state index in [0.717, 1.165) is 0 Å². The van der Waals surface area contributed by atoms with E-state index in [1.165, 1.54) is 23.0 Å². The molecule has 1 unspecified atom stereocenters. The molecule has 1 aliphatic heterocycles.